The number of aromatic nitrogens is 6. The van der Waals surface area contributed by atoms with Crippen molar-refractivity contribution in [3.8, 4) is 79.5 Å². The predicted molar refractivity (Wildman–Crippen MR) is 230 cm³/mol. The van der Waals surface area contributed by atoms with Crippen molar-refractivity contribution in [3.05, 3.63) is 187 Å². The fourth-order valence-electron chi connectivity index (χ4n) is 7.04. The lowest BCUT2D eigenvalue weighted by Gasteiger charge is -2.10. The molecule has 0 aliphatic heterocycles. The monoisotopic (exact) mass is 747 g/mol. The Kier molecular flexibility index (Phi) is 8.60. The van der Waals surface area contributed by atoms with E-state index in [9.17, 15) is 0 Å². The van der Waals surface area contributed by atoms with Crippen molar-refractivity contribution in [1.29, 1.82) is 0 Å². The van der Waals surface area contributed by atoms with Gasteiger partial charge in [0.15, 0.2) is 40.6 Å². The molecule has 0 N–H and O–H groups in total. The van der Waals surface area contributed by atoms with Crippen LogP contribution in [0.15, 0.2) is 176 Å². The van der Waals surface area contributed by atoms with Crippen molar-refractivity contribution >= 4 is 37.2 Å². The second-order valence-electron chi connectivity index (χ2n) is 13.4. The summed E-state index contributed by atoms with van der Waals surface area (Å²) >= 11 is 1.72. The third kappa shape index (κ3) is 6.48. The van der Waals surface area contributed by atoms with Gasteiger partial charge in [0.2, 0.25) is 0 Å². The fourth-order valence-corrected chi connectivity index (χ4v) is 8.22. The van der Waals surface area contributed by atoms with E-state index in [0.29, 0.717) is 40.6 Å². The molecule has 7 nitrogen and oxygen atoms in total. The molecule has 0 aliphatic rings. The maximum absolute atomic E-state index is 7.63. The summed E-state index contributed by atoms with van der Waals surface area (Å²) in [5, 5.41) is 2.18. The topological polar surface area (TPSA) is 81.7 Å². The Morgan fingerprint density at radius 1 is 0.351 bits per heavy atom. The number of hydrogen-bond donors (Lipinski definition) is 0. The Morgan fingerprint density at radius 3 is 1.35 bits per heavy atom. The lowest BCUT2D eigenvalue weighted by molar-refractivity contribution is 1.07. The molecule has 0 aliphatic carbocycles. The summed E-state index contributed by atoms with van der Waals surface area (Å²) in [6.45, 7) is 7.63. The number of benzene rings is 7. The summed E-state index contributed by atoms with van der Waals surface area (Å²) in [5.74, 6) is 3.62. The molecule has 3 heterocycles. The van der Waals surface area contributed by atoms with Crippen molar-refractivity contribution in [3.63, 3.8) is 0 Å². The quantitative estimate of drug-likeness (QED) is 0.151. The molecule has 3 aromatic heterocycles. The van der Waals surface area contributed by atoms with Gasteiger partial charge in [0, 0.05) is 53.6 Å². The SMILES string of the molecule is [C-]#[N+]c1ccccc1-c1ccc(-c2nc(-c3ccccc3)nc(-c3cccc4sc5cc(-c6nc(-c7ccccc7)nc(-c7ccccc7)n6)ccc5c34)n2)cc1. The minimum absolute atomic E-state index is 0.570. The summed E-state index contributed by atoms with van der Waals surface area (Å²) < 4.78 is 2.22. The number of rotatable bonds is 7. The van der Waals surface area contributed by atoms with Crippen molar-refractivity contribution in [2.24, 2.45) is 0 Å². The minimum atomic E-state index is 0.570. The maximum Gasteiger partial charge on any atom is 0.194 e. The zero-order valence-electron chi connectivity index (χ0n) is 30.3. The fraction of sp³-hybridized carbons (Fsp3) is 0. The molecule has 266 valence electrons. The highest BCUT2D eigenvalue weighted by Crippen LogP contribution is 2.41. The van der Waals surface area contributed by atoms with Crippen LogP contribution in [0.3, 0.4) is 0 Å². The summed E-state index contributed by atoms with van der Waals surface area (Å²) in [4.78, 5) is 33.7. The normalized spacial score (nSPS) is 11.1. The van der Waals surface area contributed by atoms with Gasteiger partial charge in [-0.1, -0.05) is 164 Å². The van der Waals surface area contributed by atoms with E-state index in [4.69, 9.17) is 36.5 Å². The van der Waals surface area contributed by atoms with Gasteiger partial charge in [0.25, 0.3) is 0 Å². The van der Waals surface area contributed by atoms with Crippen LogP contribution in [0.4, 0.5) is 5.69 Å². The van der Waals surface area contributed by atoms with Crippen LogP contribution in [0.5, 0.6) is 0 Å². The lowest BCUT2D eigenvalue weighted by atomic mass is 10.0. The third-order valence-corrected chi connectivity index (χ3v) is 11.0. The molecule has 0 saturated carbocycles. The van der Waals surface area contributed by atoms with Crippen LogP contribution in [0.1, 0.15) is 0 Å². The second-order valence-corrected chi connectivity index (χ2v) is 14.5. The van der Waals surface area contributed by atoms with Gasteiger partial charge in [-0.05, 0) is 23.3 Å². The molecule has 0 radical (unpaired) electrons. The van der Waals surface area contributed by atoms with Gasteiger partial charge in [0.1, 0.15) is 0 Å². The highest BCUT2D eigenvalue weighted by Gasteiger charge is 2.19. The van der Waals surface area contributed by atoms with E-state index in [1.54, 1.807) is 11.3 Å². The van der Waals surface area contributed by atoms with Gasteiger partial charge in [-0.25, -0.2) is 34.7 Å². The molecule has 0 saturated heterocycles. The number of para-hydroxylation sites is 1. The molecule has 7 aromatic carbocycles. The van der Waals surface area contributed by atoms with Gasteiger partial charge in [-0.2, -0.15) is 0 Å². The van der Waals surface area contributed by atoms with Crippen LogP contribution < -0.4 is 0 Å². The summed E-state index contributed by atoms with van der Waals surface area (Å²) in [5.41, 5.74) is 7.91. The highest BCUT2D eigenvalue weighted by atomic mass is 32.1. The first-order valence-electron chi connectivity index (χ1n) is 18.4. The van der Waals surface area contributed by atoms with Crippen LogP contribution in [-0.2, 0) is 0 Å². The largest absolute Gasteiger partial charge is 0.238 e. The third-order valence-electron chi connectivity index (χ3n) is 9.84. The molecule has 0 fully saturated rings. The molecule has 0 amide bonds. The molecule has 8 heteroatoms. The lowest BCUT2D eigenvalue weighted by Crippen LogP contribution is -2.00. The smallest absolute Gasteiger partial charge is 0.194 e. The number of hydrogen-bond acceptors (Lipinski definition) is 7. The number of fused-ring (bicyclic) bond motifs is 3. The number of thiophene rings is 1. The average molecular weight is 748 g/mol. The second kappa shape index (κ2) is 14.5. The molecule has 0 atom stereocenters. The van der Waals surface area contributed by atoms with Crippen molar-refractivity contribution in [1.82, 2.24) is 29.9 Å². The van der Waals surface area contributed by atoms with E-state index in [-0.39, 0.29) is 0 Å². The molecule has 57 heavy (non-hydrogen) atoms. The molecular formula is C49H29N7S. The van der Waals surface area contributed by atoms with Crippen LogP contribution in [0.2, 0.25) is 0 Å². The summed E-state index contributed by atoms with van der Waals surface area (Å²) in [6.07, 6.45) is 0. The van der Waals surface area contributed by atoms with Crippen molar-refractivity contribution in [2.75, 3.05) is 0 Å². The summed E-state index contributed by atoms with van der Waals surface area (Å²) in [6, 6.07) is 58.5. The van der Waals surface area contributed by atoms with E-state index in [1.165, 1.54) is 0 Å². The average Bonchev–Trinajstić information content (AvgIpc) is 3.68. The van der Waals surface area contributed by atoms with E-state index < -0.39 is 0 Å². The first kappa shape index (κ1) is 33.8. The van der Waals surface area contributed by atoms with Crippen molar-refractivity contribution < 1.29 is 0 Å². The van der Waals surface area contributed by atoms with E-state index in [2.05, 4.69) is 41.2 Å². The predicted octanol–water partition coefficient (Wildman–Crippen LogP) is 12.6. The Bertz CT molecular complexity index is 3060. The van der Waals surface area contributed by atoms with E-state index in [1.807, 2.05) is 140 Å². The Hall–Kier alpha value is -7.73. The summed E-state index contributed by atoms with van der Waals surface area (Å²) in [7, 11) is 0. The first-order valence-corrected chi connectivity index (χ1v) is 19.2. The standard InChI is InChI=1S/C49H29N7S/c1-50-40-22-12-11-20-37(40)31-24-26-35(27-25-31)47-52-46(34-18-9-4-10-19-34)55-49(56-47)39-21-13-23-41-43(39)38-29-28-36(30-42(38)57-41)48-53-44(32-14-5-2-6-15-32)51-45(54-48)33-16-7-3-8-17-33/h2-30H. The van der Waals surface area contributed by atoms with E-state index >= 15 is 0 Å². The zero-order valence-corrected chi connectivity index (χ0v) is 31.1. The Balaban J connectivity index is 1.10. The van der Waals surface area contributed by atoms with Crippen LogP contribution in [-0.4, -0.2) is 29.9 Å². The Labute approximate surface area is 332 Å². The van der Waals surface area contributed by atoms with Crippen LogP contribution >= 0.6 is 11.3 Å². The van der Waals surface area contributed by atoms with Gasteiger partial charge < -0.3 is 0 Å². The van der Waals surface area contributed by atoms with Crippen LogP contribution in [0, 0.1) is 6.57 Å². The Morgan fingerprint density at radius 2 is 0.789 bits per heavy atom. The molecule has 0 bridgehead atoms. The first-order chi connectivity index (χ1) is 28.2. The molecule has 0 unspecified atom stereocenters. The number of nitrogens with zero attached hydrogens (tertiary/aromatic N) is 7. The van der Waals surface area contributed by atoms with Crippen LogP contribution in [0.25, 0.3) is 104 Å². The van der Waals surface area contributed by atoms with Gasteiger partial charge in [-0.3, -0.25) is 0 Å². The molecule has 10 rings (SSSR count). The van der Waals surface area contributed by atoms with Gasteiger partial charge >= 0.3 is 0 Å². The molecule has 10 aromatic rings. The minimum Gasteiger partial charge on any atom is -0.238 e. The highest BCUT2D eigenvalue weighted by molar-refractivity contribution is 7.26. The van der Waals surface area contributed by atoms with Gasteiger partial charge in [0.05, 0.1) is 6.57 Å². The molecule has 0 spiro atoms. The molecular weight excluding hydrogens is 719 g/mol. The maximum atomic E-state index is 7.63. The zero-order chi connectivity index (χ0) is 38.1. The van der Waals surface area contributed by atoms with Crippen molar-refractivity contribution in [2.45, 2.75) is 0 Å². The van der Waals surface area contributed by atoms with E-state index in [0.717, 1.165) is 64.7 Å². The van der Waals surface area contributed by atoms with Gasteiger partial charge in [-0.15, -0.1) is 11.3 Å².